The van der Waals surface area contributed by atoms with Crippen molar-refractivity contribution in [2.45, 2.75) is 65.7 Å². The van der Waals surface area contributed by atoms with Crippen LogP contribution in [0.1, 0.15) is 57.9 Å². The van der Waals surface area contributed by atoms with Crippen LogP contribution in [0.3, 0.4) is 0 Å². The zero-order valence-corrected chi connectivity index (χ0v) is 26.0. The Morgan fingerprint density at radius 1 is 1.21 bits per heavy atom. The number of hydrogen-bond acceptors (Lipinski definition) is 8. The molecule has 0 aliphatic carbocycles. The molecule has 42 heavy (non-hydrogen) atoms. The van der Waals surface area contributed by atoms with Gasteiger partial charge in [0, 0.05) is 72.8 Å². The van der Waals surface area contributed by atoms with Crippen LogP contribution in [0.25, 0.3) is 33.4 Å². The Morgan fingerprint density at radius 3 is 2.74 bits per heavy atom. The highest BCUT2D eigenvalue weighted by Crippen LogP contribution is 2.41. The molecule has 0 N–H and O–H groups in total. The van der Waals surface area contributed by atoms with Crippen molar-refractivity contribution in [2.75, 3.05) is 33.5 Å². The number of thiazole rings is 1. The predicted octanol–water partition coefficient (Wildman–Crippen LogP) is 6.86. The van der Waals surface area contributed by atoms with E-state index in [1.807, 2.05) is 24.7 Å². The van der Waals surface area contributed by atoms with E-state index in [1.165, 1.54) is 12.5 Å². The fourth-order valence-corrected chi connectivity index (χ4v) is 6.25. The van der Waals surface area contributed by atoms with Gasteiger partial charge >= 0.3 is 5.97 Å². The van der Waals surface area contributed by atoms with Crippen LogP contribution in [0.4, 0.5) is 0 Å². The quantitative estimate of drug-likeness (QED) is 0.166. The molecule has 0 amide bonds. The number of esters is 1. The number of rotatable bonds is 12. The van der Waals surface area contributed by atoms with Crippen molar-refractivity contribution in [3.63, 3.8) is 0 Å². The molecule has 4 aromatic rings. The summed E-state index contributed by atoms with van der Waals surface area (Å²) in [6, 6.07) is 10.7. The van der Waals surface area contributed by atoms with Crippen molar-refractivity contribution < 1.29 is 23.7 Å². The first-order valence-corrected chi connectivity index (χ1v) is 15.6. The molecule has 0 spiro atoms. The summed E-state index contributed by atoms with van der Waals surface area (Å²) in [6.45, 7) is 10.8. The summed E-state index contributed by atoms with van der Waals surface area (Å²) in [4.78, 5) is 21.1. The van der Waals surface area contributed by atoms with Crippen molar-refractivity contribution >= 4 is 28.2 Å². The van der Waals surface area contributed by atoms with Gasteiger partial charge in [0.05, 0.1) is 48.0 Å². The number of pyridine rings is 1. The molecule has 1 aliphatic heterocycles. The van der Waals surface area contributed by atoms with Gasteiger partial charge in [-0.05, 0) is 56.0 Å². The molecule has 4 heterocycles. The lowest BCUT2D eigenvalue weighted by atomic mass is 9.84. The fraction of sp³-hybridized carbons (Fsp3) is 0.485. The first-order valence-electron chi connectivity index (χ1n) is 14.6. The van der Waals surface area contributed by atoms with Crippen molar-refractivity contribution in [1.29, 1.82) is 0 Å². The lowest BCUT2D eigenvalue weighted by Crippen LogP contribution is -2.25. The van der Waals surface area contributed by atoms with Crippen LogP contribution in [0.5, 0.6) is 0 Å². The molecule has 0 saturated carbocycles. The van der Waals surface area contributed by atoms with Crippen LogP contribution in [0, 0.1) is 5.41 Å². The van der Waals surface area contributed by atoms with E-state index in [4.69, 9.17) is 23.9 Å². The number of aromatic nitrogens is 3. The molecule has 1 aromatic carbocycles. The van der Waals surface area contributed by atoms with E-state index in [0.717, 1.165) is 65.2 Å². The molecule has 1 fully saturated rings. The molecule has 0 bridgehead atoms. The smallest absolute Gasteiger partial charge is 0.302 e. The minimum Gasteiger partial charge on any atom is -0.465 e. The lowest BCUT2D eigenvalue weighted by Gasteiger charge is -2.26. The fourth-order valence-electron chi connectivity index (χ4n) is 5.69. The van der Waals surface area contributed by atoms with E-state index in [2.05, 4.69) is 53.0 Å². The van der Waals surface area contributed by atoms with Crippen LogP contribution in [-0.2, 0) is 36.7 Å². The Balaban J connectivity index is 1.68. The summed E-state index contributed by atoms with van der Waals surface area (Å²) in [5.41, 5.74) is 8.89. The third-order valence-corrected chi connectivity index (χ3v) is 8.47. The summed E-state index contributed by atoms with van der Waals surface area (Å²) < 4.78 is 25.6. The van der Waals surface area contributed by atoms with Crippen LogP contribution < -0.4 is 0 Å². The monoisotopic (exact) mass is 591 g/mol. The predicted molar refractivity (Wildman–Crippen MR) is 166 cm³/mol. The van der Waals surface area contributed by atoms with E-state index in [1.54, 1.807) is 18.4 Å². The second-order valence-electron chi connectivity index (χ2n) is 11.7. The van der Waals surface area contributed by atoms with Gasteiger partial charge in [-0.2, -0.15) is 0 Å². The largest absolute Gasteiger partial charge is 0.465 e. The van der Waals surface area contributed by atoms with Crippen LogP contribution in [0.15, 0.2) is 47.4 Å². The van der Waals surface area contributed by atoms with E-state index < -0.39 is 0 Å². The van der Waals surface area contributed by atoms with Gasteiger partial charge in [-0.15, -0.1) is 11.3 Å². The Labute approximate surface area is 252 Å². The van der Waals surface area contributed by atoms with Gasteiger partial charge in [-0.25, -0.2) is 4.98 Å². The highest BCUT2D eigenvalue weighted by atomic mass is 32.1. The van der Waals surface area contributed by atoms with Gasteiger partial charge in [0.25, 0.3) is 0 Å². The van der Waals surface area contributed by atoms with Crippen LogP contribution in [-0.4, -0.2) is 60.1 Å². The number of ether oxygens (including phenoxy) is 4. The normalized spacial score (nSPS) is 15.3. The van der Waals surface area contributed by atoms with E-state index >= 15 is 0 Å². The standard InChI is InChI=1S/C33H41N3O5S/c1-22(38-5)31-26(7-6-12-34-31)32-28(18-33(3,4)20-41-23(2)37)27-17-24(29-19-42-21-35-29)8-9-30(27)36(32)13-16-40-25-10-14-39-15-11-25/h6-9,12,17,19,21-22,25H,10-11,13-16,18,20H2,1-5H3. The van der Waals surface area contributed by atoms with Gasteiger partial charge < -0.3 is 23.5 Å². The van der Waals surface area contributed by atoms with E-state index in [9.17, 15) is 4.79 Å². The summed E-state index contributed by atoms with van der Waals surface area (Å²) in [7, 11) is 1.71. The SMILES string of the molecule is COC(C)c1ncccc1-c1c(CC(C)(C)COC(C)=O)c2cc(-c3cscn3)ccc2n1CCOC1CCOCC1. The number of hydrogen-bond donors (Lipinski definition) is 0. The Bertz CT molecular complexity index is 1490. The molecule has 0 radical (unpaired) electrons. The average molecular weight is 592 g/mol. The number of fused-ring (bicyclic) bond motifs is 1. The minimum atomic E-state index is -0.315. The zero-order valence-electron chi connectivity index (χ0n) is 25.2. The maximum absolute atomic E-state index is 11.7. The van der Waals surface area contributed by atoms with Crippen LogP contribution in [0.2, 0.25) is 0 Å². The summed E-state index contributed by atoms with van der Waals surface area (Å²) >= 11 is 1.59. The number of benzene rings is 1. The van der Waals surface area contributed by atoms with Crippen molar-refractivity contribution in [1.82, 2.24) is 14.5 Å². The summed E-state index contributed by atoms with van der Waals surface area (Å²) in [5.74, 6) is -0.273. The Morgan fingerprint density at radius 2 is 2.02 bits per heavy atom. The maximum Gasteiger partial charge on any atom is 0.302 e. The van der Waals surface area contributed by atoms with Crippen molar-refractivity contribution in [3.8, 4) is 22.5 Å². The van der Waals surface area contributed by atoms with Gasteiger partial charge in [-0.3, -0.25) is 9.78 Å². The van der Waals surface area contributed by atoms with Gasteiger partial charge in [-0.1, -0.05) is 19.9 Å². The molecule has 224 valence electrons. The number of carbonyl (C=O) groups is 1. The number of methoxy groups -OCH3 is 1. The molecule has 9 heteroatoms. The highest BCUT2D eigenvalue weighted by molar-refractivity contribution is 7.07. The van der Waals surface area contributed by atoms with Gasteiger partial charge in [0.15, 0.2) is 0 Å². The second-order valence-corrected chi connectivity index (χ2v) is 12.4. The second kappa shape index (κ2) is 13.5. The zero-order chi connectivity index (χ0) is 29.7. The molecule has 8 nitrogen and oxygen atoms in total. The summed E-state index contributed by atoms with van der Waals surface area (Å²) in [5, 5.41) is 3.22. The first-order chi connectivity index (χ1) is 20.3. The molecule has 1 unspecified atom stereocenters. The van der Waals surface area contributed by atoms with Crippen molar-refractivity contribution in [3.05, 3.63) is 58.7 Å². The molecule has 1 atom stereocenters. The molecule has 1 saturated heterocycles. The Hall–Kier alpha value is -3.11. The van der Waals surface area contributed by atoms with Gasteiger partial charge in [0.1, 0.15) is 0 Å². The minimum absolute atomic E-state index is 0.196. The summed E-state index contributed by atoms with van der Waals surface area (Å²) in [6.07, 6.45) is 4.37. The first kappa shape index (κ1) is 30.4. The molecular weight excluding hydrogens is 550 g/mol. The number of nitrogens with zero attached hydrogens (tertiary/aromatic N) is 3. The molecule has 5 rings (SSSR count). The van der Waals surface area contributed by atoms with Crippen molar-refractivity contribution in [2.24, 2.45) is 5.41 Å². The maximum atomic E-state index is 11.7. The van der Waals surface area contributed by atoms with Crippen LogP contribution >= 0.6 is 11.3 Å². The highest BCUT2D eigenvalue weighted by Gasteiger charge is 2.29. The van der Waals surface area contributed by atoms with E-state index in [0.29, 0.717) is 26.2 Å². The van der Waals surface area contributed by atoms with Gasteiger partial charge in [0.2, 0.25) is 0 Å². The van der Waals surface area contributed by atoms with E-state index in [-0.39, 0.29) is 23.6 Å². The molecular formula is C33H41N3O5S. The molecule has 3 aromatic heterocycles. The lowest BCUT2D eigenvalue weighted by molar-refractivity contribution is -0.143. The molecule has 1 aliphatic rings. The third kappa shape index (κ3) is 6.92. The average Bonchev–Trinajstić information content (AvgIpc) is 3.63. The third-order valence-electron chi connectivity index (χ3n) is 7.89. The topological polar surface area (TPSA) is 84.7 Å². The number of carbonyl (C=O) groups excluding carboxylic acids is 1. The Kier molecular flexibility index (Phi) is 9.73.